The molecular formula is C32H39N3O4S. The lowest BCUT2D eigenvalue weighted by atomic mass is 9.95. The van der Waals surface area contributed by atoms with Crippen LogP contribution in [0.25, 0.3) is 0 Å². The lowest BCUT2D eigenvalue weighted by molar-refractivity contribution is -0.139. The van der Waals surface area contributed by atoms with E-state index in [0.29, 0.717) is 5.69 Å². The molecule has 2 amide bonds. The third-order valence-corrected chi connectivity index (χ3v) is 9.44. The SMILES string of the molecule is Cc1ccc(S(=O)(=O)N(CC(=O)N(Cc2ccccc2C)C(C)C(=O)NC2CCCCC2)c2ccccc2)cc1. The standard InChI is InChI=1S/C32H39N3O4S/c1-24-18-20-30(21-19-24)40(38,39)35(29-16-8-5-9-17-29)23-31(36)34(22-27-13-11-10-12-25(27)2)26(3)32(37)33-28-14-6-4-7-15-28/h5,8-13,16-21,26,28H,4,6-7,14-15,22-23H2,1-3H3,(H,33,37). The van der Waals surface area contributed by atoms with Crippen molar-refractivity contribution in [2.45, 2.75) is 76.4 Å². The minimum Gasteiger partial charge on any atom is -0.352 e. The molecule has 1 unspecified atom stereocenters. The first-order valence-corrected chi connectivity index (χ1v) is 15.4. The van der Waals surface area contributed by atoms with Crippen LogP contribution in [0.5, 0.6) is 0 Å². The van der Waals surface area contributed by atoms with E-state index in [1.54, 1.807) is 61.5 Å². The van der Waals surface area contributed by atoms with Gasteiger partial charge >= 0.3 is 0 Å². The summed E-state index contributed by atoms with van der Waals surface area (Å²) in [4.78, 5) is 29.1. The van der Waals surface area contributed by atoms with Gasteiger partial charge in [0.1, 0.15) is 12.6 Å². The van der Waals surface area contributed by atoms with Gasteiger partial charge in [-0.1, -0.05) is 79.4 Å². The fourth-order valence-electron chi connectivity index (χ4n) is 5.08. The predicted octanol–water partition coefficient (Wildman–Crippen LogP) is 5.36. The van der Waals surface area contributed by atoms with Crippen LogP contribution in [0.2, 0.25) is 0 Å². The number of benzene rings is 3. The topological polar surface area (TPSA) is 86.8 Å². The summed E-state index contributed by atoms with van der Waals surface area (Å²) >= 11 is 0. The van der Waals surface area contributed by atoms with Gasteiger partial charge in [0, 0.05) is 12.6 Å². The molecule has 40 heavy (non-hydrogen) atoms. The van der Waals surface area contributed by atoms with Crippen molar-refractivity contribution < 1.29 is 18.0 Å². The van der Waals surface area contributed by atoms with E-state index < -0.39 is 28.5 Å². The fourth-order valence-corrected chi connectivity index (χ4v) is 6.50. The van der Waals surface area contributed by atoms with E-state index >= 15 is 0 Å². The number of nitrogens with one attached hydrogen (secondary N) is 1. The third kappa shape index (κ3) is 7.10. The second-order valence-electron chi connectivity index (χ2n) is 10.6. The van der Waals surface area contributed by atoms with Crippen LogP contribution in [-0.4, -0.2) is 43.8 Å². The Balaban J connectivity index is 1.66. The molecule has 0 spiro atoms. The Morgan fingerprint density at radius 3 is 2.15 bits per heavy atom. The first-order chi connectivity index (χ1) is 19.2. The summed E-state index contributed by atoms with van der Waals surface area (Å²) in [6.07, 6.45) is 5.19. The van der Waals surface area contributed by atoms with Crippen LogP contribution < -0.4 is 9.62 Å². The summed E-state index contributed by atoms with van der Waals surface area (Å²) in [5.74, 6) is -0.671. The summed E-state index contributed by atoms with van der Waals surface area (Å²) in [6.45, 7) is 5.32. The van der Waals surface area contributed by atoms with Crippen LogP contribution in [-0.2, 0) is 26.2 Å². The van der Waals surface area contributed by atoms with E-state index in [4.69, 9.17) is 0 Å². The minimum atomic E-state index is -4.06. The van der Waals surface area contributed by atoms with Crippen LogP contribution in [0.4, 0.5) is 5.69 Å². The zero-order chi connectivity index (χ0) is 28.7. The number of carbonyl (C=O) groups excluding carboxylic acids is 2. The maximum Gasteiger partial charge on any atom is 0.264 e. The highest BCUT2D eigenvalue weighted by Gasteiger charge is 2.33. The van der Waals surface area contributed by atoms with Gasteiger partial charge in [-0.25, -0.2) is 8.42 Å². The van der Waals surface area contributed by atoms with Crippen molar-refractivity contribution in [1.29, 1.82) is 0 Å². The van der Waals surface area contributed by atoms with Crippen molar-refractivity contribution in [3.63, 3.8) is 0 Å². The van der Waals surface area contributed by atoms with E-state index in [9.17, 15) is 18.0 Å². The predicted molar refractivity (Wildman–Crippen MR) is 158 cm³/mol. The molecule has 1 aliphatic carbocycles. The average molecular weight is 562 g/mol. The first kappa shape index (κ1) is 29.3. The van der Waals surface area contributed by atoms with E-state index in [1.807, 2.05) is 38.1 Å². The van der Waals surface area contributed by atoms with Crippen LogP contribution >= 0.6 is 0 Å². The molecule has 8 heteroatoms. The molecule has 212 valence electrons. The van der Waals surface area contributed by atoms with E-state index in [1.165, 1.54) is 11.3 Å². The Bertz CT molecular complexity index is 1400. The average Bonchev–Trinajstić information content (AvgIpc) is 2.96. The number of hydrogen-bond acceptors (Lipinski definition) is 4. The van der Waals surface area contributed by atoms with Gasteiger partial charge in [0.2, 0.25) is 11.8 Å². The number of aryl methyl sites for hydroxylation is 2. The van der Waals surface area contributed by atoms with E-state index in [2.05, 4.69) is 5.32 Å². The monoisotopic (exact) mass is 561 g/mol. The van der Waals surface area contributed by atoms with Gasteiger partial charge in [-0.05, 0) is 69.0 Å². The Hall–Kier alpha value is -3.65. The van der Waals surface area contributed by atoms with Gasteiger partial charge in [0.15, 0.2) is 0 Å². The second kappa shape index (κ2) is 13.1. The highest BCUT2D eigenvalue weighted by atomic mass is 32.2. The largest absolute Gasteiger partial charge is 0.352 e. The van der Waals surface area contributed by atoms with Crippen LogP contribution in [0.15, 0.2) is 83.8 Å². The van der Waals surface area contributed by atoms with Crippen molar-refractivity contribution in [1.82, 2.24) is 10.2 Å². The van der Waals surface area contributed by atoms with Gasteiger partial charge in [-0.15, -0.1) is 0 Å². The van der Waals surface area contributed by atoms with Crippen LogP contribution in [0.1, 0.15) is 55.7 Å². The Labute approximate surface area is 238 Å². The van der Waals surface area contributed by atoms with Gasteiger partial charge in [-0.3, -0.25) is 13.9 Å². The normalized spacial score (nSPS) is 14.8. The molecule has 0 saturated heterocycles. The minimum absolute atomic E-state index is 0.0989. The van der Waals surface area contributed by atoms with E-state index in [0.717, 1.165) is 46.7 Å². The molecule has 0 radical (unpaired) electrons. The molecule has 3 aromatic carbocycles. The van der Waals surface area contributed by atoms with Gasteiger partial charge in [0.25, 0.3) is 10.0 Å². The number of para-hydroxylation sites is 1. The highest BCUT2D eigenvalue weighted by molar-refractivity contribution is 7.92. The molecular weight excluding hydrogens is 522 g/mol. The number of sulfonamides is 1. The van der Waals surface area contributed by atoms with Crippen molar-refractivity contribution in [3.8, 4) is 0 Å². The number of rotatable bonds is 10. The fraction of sp³-hybridized carbons (Fsp3) is 0.375. The molecule has 1 atom stereocenters. The molecule has 1 N–H and O–H groups in total. The highest BCUT2D eigenvalue weighted by Crippen LogP contribution is 2.25. The number of carbonyl (C=O) groups is 2. The molecule has 0 heterocycles. The molecule has 3 aromatic rings. The lowest BCUT2D eigenvalue weighted by Gasteiger charge is -2.33. The maximum atomic E-state index is 14.1. The Morgan fingerprint density at radius 1 is 0.875 bits per heavy atom. The molecule has 0 bridgehead atoms. The van der Waals surface area contributed by atoms with Crippen LogP contribution in [0, 0.1) is 13.8 Å². The maximum absolute atomic E-state index is 14.1. The summed E-state index contributed by atoms with van der Waals surface area (Å²) in [7, 11) is -4.06. The van der Waals surface area contributed by atoms with Crippen LogP contribution in [0.3, 0.4) is 0 Å². The second-order valence-corrected chi connectivity index (χ2v) is 12.5. The lowest BCUT2D eigenvalue weighted by Crippen LogP contribution is -2.53. The summed E-state index contributed by atoms with van der Waals surface area (Å²) < 4.78 is 28.8. The number of amides is 2. The Kier molecular flexibility index (Phi) is 9.63. The molecule has 0 aliphatic heterocycles. The van der Waals surface area contributed by atoms with Crippen molar-refractivity contribution in [2.24, 2.45) is 0 Å². The zero-order valence-electron chi connectivity index (χ0n) is 23.5. The van der Waals surface area contributed by atoms with Gasteiger partial charge in [-0.2, -0.15) is 0 Å². The summed E-state index contributed by atoms with van der Waals surface area (Å²) in [6, 6.07) is 22.2. The van der Waals surface area contributed by atoms with Crippen molar-refractivity contribution >= 4 is 27.5 Å². The van der Waals surface area contributed by atoms with Crippen molar-refractivity contribution in [3.05, 3.63) is 95.6 Å². The Morgan fingerprint density at radius 2 is 1.50 bits per heavy atom. The number of anilines is 1. The first-order valence-electron chi connectivity index (χ1n) is 14.0. The van der Waals surface area contributed by atoms with Gasteiger partial charge in [0.05, 0.1) is 10.6 Å². The molecule has 1 aliphatic rings. The molecule has 1 saturated carbocycles. The molecule has 1 fully saturated rings. The third-order valence-electron chi connectivity index (χ3n) is 7.65. The molecule has 7 nitrogen and oxygen atoms in total. The summed E-state index contributed by atoms with van der Waals surface area (Å²) in [5.41, 5.74) is 3.21. The van der Waals surface area contributed by atoms with E-state index in [-0.39, 0.29) is 23.4 Å². The molecule has 4 rings (SSSR count). The van der Waals surface area contributed by atoms with Gasteiger partial charge < -0.3 is 10.2 Å². The smallest absolute Gasteiger partial charge is 0.264 e. The number of nitrogens with zero attached hydrogens (tertiary/aromatic N) is 2. The quantitative estimate of drug-likeness (QED) is 0.361. The summed E-state index contributed by atoms with van der Waals surface area (Å²) in [5, 5.41) is 3.14. The molecule has 0 aromatic heterocycles. The number of hydrogen-bond donors (Lipinski definition) is 1. The zero-order valence-corrected chi connectivity index (χ0v) is 24.4. The van der Waals surface area contributed by atoms with Crippen molar-refractivity contribution in [2.75, 3.05) is 10.8 Å².